The first-order chi connectivity index (χ1) is 16.3. The van der Waals surface area contributed by atoms with E-state index in [1.54, 1.807) is 60.7 Å². The van der Waals surface area contributed by atoms with Gasteiger partial charge in [0.05, 0.1) is 23.6 Å². The Morgan fingerprint density at radius 2 is 1.29 bits per heavy atom. The van der Waals surface area contributed by atoms with Crippen molar-refractivity contribution < 1.29 is 23.9 Å². The molecule has 1 spiro atoms. The van der Waals surface area contributed by atoms with E-state index in [4.69, 9.17) is 4.74 Å². The largest absolute Gasteiger partial charge is 0.349 e. The van der Waals surface area contributed by atoms with E-state index in [0.717, 1.165) is 16.0 Å². The van der Waals surface area contributed by atoms with Gasteiger partial charge in [0.15, 0.2) is 0 Å². The third-order valence-corrected chi connectivity index (χ3v) is 7.11. The van der Waals surface area contributed by atoms with Gasteiger partial charge in [-0.3, -0.25) is 19.2 Å². The molecule has 0 unspecified atom stereocenters. The van der Waals surface area contributed by atoms with Crippen molar-refractivity contribution in [2.45, 2.75) is 25.6 Å². The van der Waals surface area contributed by atoms with E-state index in [1.807, 2.05) is 26.0 Å². The molecule has 0 aromatic heterocycles. The summed E-state index contributed by atoms with van der Waals surface area (Å²) in [6, 6.07) is 21.0. The molecule has 34 heavy (non-hydrogen) atoms. The molecular weight excluding hydrogens is 430 g/mol. The topological polar surface area (TPSA) is 80.8 Å². The summed E-state index contributed by atoms with van der Waals surface area (Å²) in [7, 11) is 0. The Morgan fingerprint density at radius 1 is 0.735 bits per heavy atom. The summed E-state index contributed by atoms with van der Waals surface area (Å²) in [5.74, 6) is -4.36. The number of anilines is 1. The lowest BCUT2D eigenvalue weighted by Crippen LogP contribution is -2.51. The SMILES string of the molecule is Cc1cc(C)cc(N2C(=O)[C@@H]3[C@@H](c4ccccc4)OC4(C(=O)c5ccccc5C4=O)[C@@H]3C2=O)c1. The highest BCUT2D eigenvalue weighted by atomic mass is 16.5. The number of imide groups is 1. The number of carbonyl (C=O) groups is 4. The third kappa shape index (κ3) is 2.54. The average molecular weight is 451 g/mol. The van der Waals surface area contributed by atoms with Crippen LogP contribution in [0.2, 0.25) is 0 Å². The van der Waals surface area contributed by atoms with Gasteiger partial charge in [-0.15, -0.1) is 0 Å². The molecule has 3 aliphatic rings. The van der Waals surface area contributed by atoms with Crippen LogP contribution < -0.4 is 4.90 Å². The van der Waals surface area contributed by atoms with Crippen LogP contribution in [0.3, 0.4) is 0 Å². The summed E-state index contributed by atoms with van der Waals surface area (Å²) < 4.78 is 6.28. The predicted molar refractivity (Wildman–Crippen MR) is 123 cm³/mol. The number of fused-ring (bicyclic) bond motifs is 3. The van der Waals surface area contributed by atoms with Gasteiger partial charge in [0, 0.05) is 11.1 Å². The molecule has 6 heteroatoms. The number of hydrogen-bond donors (Lipinski definition) is 0. The Balaban J connectivity index is 1.56. The zero-order valence-corrected chi connectivity index (χ0v) is 18.6. The molecule has 6 rings (SSSR count). The summed E-state index contributed by atoms with van der Waals surface area (Å²) in [4.78, 5) is 56.3. The second kappa shape index (κ2) is 7.05. The highest BCUT2D eigenvalue weighted by Crippen LogP contribution is 2.57. The summed E-state index contributed by atoms with van der Waals surface area (Å²) in [6.07, 6.45) is -0.902. The molecule has 2 heterocycles. The number of nitrogens with zero attached hydrogens (tertiary/aromatic N) is 1. The van der Waals surface area contributed by atoms with Gasteiger partial charge in [0.1, 0.15) is 0 Å². The fourth-order valence-corrected chi connectivity index (χ4v) is 5.80. The van der Waals surface area contributed by atoms with Crippen LogP contribution in [-0.4, -0.2) is 29.0 Å². The van der Waals surface area contributed by atoms with Gasteiger partial charge < -0.3 is 4.74 Å². The van der Waals surface area contributed by atoms with E-state index in [2.05, 4.69) is 0 Å². The van der Waals surface area contributed by atoms with E-state index in [1.165, 1.54) is 0 Å². The van der Waals surface area contributed by atoms with Gasteiger partial charge in [0.25, 0.3) is 0 Å². The van der Waals surface area contributed by atoms with Gasteiger partial charge in [-0.2, -0.15) is 0 Å². The maximum absolute atomic E-state index is 13.9. The van der Waals surface area contributed by atoms with E-state index in [9.17, 15) is 19.2 Å². The molecule has 0 radical (unpaired) electrons. The quantitative estimate of drug-likeness (QED) is 0.435. The number of ether oxygens (including phenoxy) is 1. The molecule has 2 fully saturated rings. The fraction of sp³-hybridized carbons (Fsp3) is 0.214. The van der Waals surface area contributed by atoms with Gasteiger partial charge in [-0.25, -0.2) is 4.90 Å². The Hall–Kier alpha value is -3.90. The molecule has 3 aromatic carbocycles. The minimum atomic E-state index is -2.05. The Bertz CT molecular complexity index is 1350. The molecular formula is C28H21NO5. The minimum Gasteiger partial charge on any atom is -0.349 e. The van der Waals surface area contributed by atoms with Crippen molar-refractivity contribution in [3.8, 4) is 0 Å². The Labute approximate surface area is 196 Å². The van der Waals surface area contributed by atoms with Crippen LogP contribution in [0, 0.1) is 25.7 Å². The zero-order valence-electron chi connectivity index (χ0n) is 18.6. The number of hydrogen-bond acceptors (Lipinski definition) is 5. The second-order valence-corrected chi connectivity index (χ2v) is 9.25. The molecule has 0 N–H and O–H groups in total. The first kappa shape index (κ1) is 20.7. The van der Waals surface area contributed by atoms with Crippen molar-refractivity contribution in [3.63, 3.8) is 0 Å². The van der Waals surface area contributed by atoms with Crippen LogP contribution >= 0.6 is 0 Å². The lowest BCUT2D eigenvalue weighted by atomic mass is 9.77. The first-order valence-corrected chi connectivity index (χ1v) is 11.2. The lowest BCUT2D eigenvalue weighted by Gasteiger charge is -2.27. The lowest BCUT2D eigenvalue weighted by molar-refractivity contribution is -0.127. The van der Waals surface area contributed by atoms with Gasteiger partial charge in [-0.05, 0) is 42.7 Å². The Morgan fingerprint density at radius 3 is 1.88 bits per heavy atom. The molecule has 3 atom stereocenters. The molecule has 6 nitrogen and oxygen atoms in total. The fourth-order valence-electron chi connectivity index (χ4n) is 5.80. The summed E-state index contributed by atoms with van der Waals surface area (Å²) in [5.41, 5.74) is 1.30. The van der Waals surface area contributed by atoms with E-state index in [0.29, 0.717) is 11.3 Å². The van der Waals surface area contributed by atoms with E-state index < -0.39 is 46.9 Å². The number of carbonyl (C=O) groups excluding carboxylic acids is 4. The number of benzene rings is 3. The molecule has 2 saturated heterocycles. The number of ketones is 2. The molecule has 1 aliphatic carbocycles. The minimum absolute atomic E-state index is 0.227. The smallest absolute Gasteiger partial charge is 0.241 e. The molecule has 0 bridgehead atoms. The number of aryl methyl sites for hydroxylation is 2. The zero-order chi connectivity index (χ0) is 23.8. The predicted octanol–water partition coefficient (Wildman–Crippen LogP) is 4.00. The number of rotatable bonds is 2. The van der Waals surface area contributed by atoms with Crippen molar-refractivity contribution in [2.24, 2.45) is 11.8 Å². The van der Waals surface area contributed by atoms with Crippen molar-refractivity contribution in [1.29, 1.82) is 0 Å². The number of Topliss-reactive ketones (excluding diaryl/α,β-unsaturated/α-hetero) is 2. The summed E-state index contributed by atoms with van der Waals surface area (Å²) in [6.45, 7) is 3.78. The third-order valence-electron chi connectivity index (χ3n) is 7.11. The Kier molecular flexibility index (Phi) is 4.29. The maximum atomic E-state index is 13.9. The van der Waals surface area contributed by atoms with Gasteiger partial charge in [0.2, 0.25) is 29.0 Å². The maximum Gasteiger partial charge on any atom is 0.241 e. The van der Waals surface area contributed by atoms with Crippen molar-refractivity contribution in [2.75, 3.05) is 4.90 Å². The van der Waals surface area contributed by atoms with Crippen molar-refractivity contribution in [1.82, 2.24) is 0 Å². The van der Waals surface area contributed by atoms with Gasteiger partial charge >= 0.3 is 0 Å². The molecule has 2 amide bonds. The van der Waals surface area contributed by atoms with Crippen LogP contribution in [0.5, 0.6) is 0 Å². The molecule has 168 valence electrons. The van der Waals surface area contributed by atoms with Gasteiger partial charge in [-0.1, -0.05) is 60.7 Å². The van der Waals surface area contributed by atoms with Crippen molar-refractivity contribution in [3.05, 3.63) is 101 Å². The standard InChI is InChI=1S/C28H21NO5/c1-15-12-16(2)14-18(13-15)29-26(32)21-22(27(29)33)28(34-23(21)17-8-4-3-5-9-17)24(30)19-10-6-7-11-20(19)25(28)31/h3-14,21-23H,1-2H3/t21-,22-,23+/m0/s1. The highest BCUT2D eigenvalue weighted by Gasteiger charge is 2.74. The van der Waals surface area contributed by atoms with Crippen molar-refractivity contribution >= 4 is 29.1 Å². The van der Waals surface area contributed by atoms with Crippen LogP contribution in [0.4, 0.5) is 5.69 Å². The number of amides is 2. The van der Waals surface area contributed by atoms with E-state index in [-0.39, 0.29) is 11.1 Å². The molecule has 3 aromatic rings. The second-order valence-electron chi connectivity index (χ2n) is 9.25. The molecule has 0 saturated carbocycles. The van der Waals surface area contributed by atoms with Crippen LogP contribution in [0.1, 0.15) is 43.5 Å². The van der Waals surface area contributed by atoms with E-state index >= 15 is 0 Å². The van der Waals surface area contributed by atoms with Crippen LogP contribution in [0.25, 0.3) is 0 Å². The summed E-state index contributed by atoms with van der Waals surface area (Å²) >= 11 is 0. The monoisotopic (exact) mass is 451 g/mol. The summed E-state index contributed by atoms with van der Waals surface area (Å²) in [5, 5.41) is 0. The molecule has 2 aliphatic heterocycles. The van der Waals surface area contributed by atoms with Crippen LogP contribution in [-0.2, 0) is 14.3 Å². The highest BCUT2D eigenvalue weighted by molar-refractivity contribution is 6.37. The average Bonchev–Trinajstić information content (AvgIpc) is 3.39. The normalized spacial score (nSPS) is 24.8. The van der Waals surface area contributed by atoms with Crippen LogP contribution in [0.15, 0.2) is 72.8 Å². The first-order valence-electron chi connectivity index (χ1n) is 11.2.